The molecule has 1 aromatic rings. The molecule has 2 amide bonds. The van der Waals surface area contributed by atoms with Crippen molar-refractivity contribution in [2.75, 3.05) is 5.32 Å². The zero-order chi connectivity index (χ0) is 13.6. The van der Waals surface area contributed by atoms with Crippen LogP contribution in [0.1, 0.15) is 24.8 Å². The Labute approximate surface area is 120 Å². The van der Waals surface area contributed by atoms with E-state index in [4.69, 9.17) is 0 Å². The van der Waals surface area contributed by atoms with Gasteiger partial charge >= 0.3 is 0 Å². The molecule has 1 saturated carbocycles. The zero-order valence-electron chi connectivity index (χ0n) is 10.6. The molecule has 1 aliphatic carbocycles. The number of imide groups is 1. The molecule has 100 valence electrons. The van der Waals surface area contributed by atoms with E-state index in [1.807, 2.05) is 25.1 Å². The van der Waals surface area contributed by atoms with Gasteiger partial charge in [-0.25, -0.2) is 0 Å². The monoisotopic (exact) mass is 322 g/mol. The fourth-order valence-corrected chi connectivity index (χ4v) is 2.81. The maximum absolute atomic E-state index is 12.2. The first-order chi connectivity index (χ1) is 9.08. The minimum Gasteiger partial charge on any atom is -0.372 e. The molecule has 1 aliphatic heterocycles. The first kappa shape index (κ1) is 12.7. The lowest BCUT2D eigenvalue weighted by molar-refractivity contribution is -0.139. The van der Waals surface area contributed by atoms with Crippen molar-refractivity contribution in [1.82, 2.24) is 4.90 Å². The van der Waals surface area contributed by atoms with Crippen LogP contribution in [0.3, 0.4) is 0 Å². The number of anilines is 1. The quantitative estimate of drug-likeness (QED) is 0.870. The van der Waals surface area contributed by atoms with Crippen molar-refractivity contribution in [1.29, 1.82) is 0 Å². The maximum Gasteiger partial charge on any atom is 0.252 e. The number of amides is 2. The molecule has 1 aromatic carbocycles. The van der Waals surface area contributed by atoms with Gasteiger partial charge in [0.2, 0.25) is 5.91 Å². The van der Waals surface area contributed by atoms with E-state index < -0.39 is 6.04 Å². The Hall–Kier alpha value is -1.36. The lowest BCUT2D eigenvalue weighted by Gasteiger charge is -2.16. The predicted molar refractivity (Wildman–Crippen MR) is 75.8 cm³/mol. The first-order valence-corrected chi connectivity index (χ1v) is 7.25. The molecule has 0 aromatic heterocycles. The number of benzene rings is 1. The Balaban J connectivity index is 1.79. The van der Waals surface area contributed by atoms with E-state index in [2.05, 4.69) is 21.2 Å². The number of halogens is 1. The number of hydrogen-bond acceptors (Lipinski definition) is 3. The first-order valence-electron chi connectivity index (χ1n) is 6.45. The van der Waals surface area contributed by atoms with Crippen LogP contribution in [0.15, 0.2) is 22.7 Å². The van der Waals surface area contributed by atoms with Gasteiger partial charge in [0.05, 0.1) is 6.42 Å². The van der Waals surface area contributed by atoms with Crippen molar-refractivity contribution in [2.45, 2.75) is 38.3 Å². The van der Waals surface area contributed by atoms with Crippen molar-refractivity contribution < 1.29 is 9.59 Å². The average Bonchev–Trinajstić information content (AvgIpc) is 3.14. The highest BCUT2D eigenvalue weighted by Crippen LogP contribution is 2.33. The number of carbonyl (C=O) groups is 2. The Morgan fingerprint density at radius 2 is 2.05 bits per heavy atom. The molecule has 0 spiro atoms. The molecule has 0 radical (unpaired) electrons. The Morgan fingerprint density at radius 1 is 1.32 bits per heavy atom. The van der Waals surface area contributed by atoms with Crippen LogP contribution >= 0.6 is 15.9 Å². The number of hydrogen-bond donors (Lipinski definition) is 1. The summed E-state index contributed by atoms with van der Waals surface area (Å²) in [7, 11) is 0. The van der Waals surface area contributed by atoms with Gasteiger partial charge in [-0.15, -0.1) is 0 Å². The fraction of sp³-hybridized carbons (Fsp3) is 0.429. The SMILES string of the molecule is Cc1cccc(NC2CC(=O)N(C3CC3)C2=O)c1Br. The normalized spacial score (nSPS) is 23.1. The molecule has 19 heavy (non-hydrogen) atoms. The molecular formula is C14H15BrN2O2. The molecule has 0 bridgehead atoms. The molecule has 1 N–H and O–H groups in total. The van der Waals surface area contributed by atoms with Gasteiger partial charge in [-0.3, -0.25) is 14.5 Å². The molecule has 1 atom stereocenters. The van der Waals surface area contributed by atoms with Gasteiger partial charge in [0.15, 0.2) is 0 Å². The minimum atomic E-state index is -0.425. The summed E-state index contributed by atoms with van der Waals surface area (Å²) in [6, 6.07) is 5.57. The predicted octanol–water partition coefficient (Wildman–Crippen LogP) is 2.46. The van der Waals surface area contributed by atoms with Gasteiger partial charge in [-0.1, -0.05) is 12.1 Å². The van der Waals surface area contributed by atoms with Crippen LogP contribution in [-0.4, -0.2) is 28.8 Å². The average molecular weight is 323 g/mol. The van der Waals surface area contributed by atoms with Gasteiger partial charge in [-0.2, -0.15) is 0 Å². The molecule has 3 rings (SSSR count). The topological polar surface area (TPSA) is 49.4 Å². The van der Waals surface area contributed by atoms with Crippen LogP contribution in [0, 0.1) is 6.92 Å². The van der Waals surface area contributed by atoms with E-state index in [1.165, 1.54) is 4.90 Å². The van der Waals surface area contributed by atoms with Crippen molar-refractivity contribution >= 4 is 33.4 Å². The van der Waals surface area contributed by atoms with Crippen molar-refractivity contribution in [3.8, 4) is 0 Å². The van der Waals surface area contributed by atoms with Crippen LogP contribution in [0.4, 0.5) is 5.69 Å². The van der Waals surface area contributed by atoms with Crippen LogP contribution in [-0.2, 0) is 9.59 Å². The highest BCUT2D eigenvalue weighted by Gasteiger charge is 2.46. The van der Waals surface area contributed by atoms with Crippen LogP contribution in [0.25, 0.3) is 0 Å². The number of nitrogens with one attached hydrogen (secondary N) is 1. The second-order valence-corrected chi connectivity index (χ2v) is 5.96. The molecule has 4 nitrogen and oxygen atoms in total. The standard InChI is InChI=1S/C14H15BrN2O2/c1-8-3-2-4-10(13(8)15)16-11-7-12(18)17(14(11)19)9-5-6-9/h2-4,9,11,16H,5-7H2,1H3. The number of aryl methyl sites for hydroxylation is 1. The molecule has 1 unspecified atom stereocenters. The smallest absolute Gasteiger partial charge is 0.252 e. The number of nitrogens with zero attached hydrogens (tertiary/aromatic N) is 1. The van der Waals surface area contributed by atoms with E-state index in [0.717, 1.165) is 28.6 Å². The molecular weight excluding hydrogens is 308 g/mol. The summed E-state index contributed by atoms with van der Waals surface area (Å²) in [6.07, 6.45) is 2.17. The summed E-state index contributed by atoms with van der Waals surface area (Å²) in [4.78, 5) is 25.5. The Bertz CT molecular complexity index is 554. The van der Waals surface area contributed by atoms with Gasteiger partial charge < -0.3 is 5.32 Å². The lowest BCUT2D eigenvalue weighted by atomic mass is 10.2. The largest absolute Gasteiger partial charge is 0.372 e. The second-order valence-electron chi connectivity index (χ2n) is 5.17. The minimum absolute atomic E-state index is 0.0474. The Kier molecular flexibility index (Phi) is 3.09. The van der Waals surface area contributed by atoms with E-state index in [9.17, 15) is 9.59 Å². The molecule has 5 heteroatoms. The molecule has 1 saturated heterocycles. The molecule has 1 heterocycles. The van der Waals surface area contributed by atoms with Gasteiger partial charge in [0, 0.05) is 16.2 Å². The summed E-state index contributed by atoms with van der Waals surface area (Å²) >= 11 is 3.51. The third-order valence-electron chi connectivity index (χ3n) is 3.62. The highest BCUT2D eigenvalue weighted by atomic mass is 79.9. The lowest BCUT2D eigenvalue weighted by Crippen LogP contribution is -2.36. The third-order valence-corrected chi connectivity index (χ3v) is 4.67. The molecule has 2 aliphatic rings. The van der Waals surface area contributed by atoms with E-state index in [0.29, 0.717) is 0 Å². The number of carbonyl (C=O) groups excluding carboxylic acids is 2. The maximum atomic E-state index is 12.2. The van der Waals surface area contributed by atoms with E-state index >= 15 is 0 Å². The summed E-state index contributed by atoms with van der Waals surface area (Å²) in [5.74, 6) is -0.130. The third kappa shape index (κ3) is 2.27. The summed E-state index contributed by atoms with van der Waals surface area (Å²) in [5.41, 5.74) is 1.96. The van der Waals surface area contributed by atoms with Gasteiger partial charge in [-0.05, 0) is 47.3 Å². The molecule has 2 fully saturated rings. The zero-order valence-corrected chi connectivity index (χ0v) is 12.2. The van der Waals surface area contributed by atoms with Crippen LogP contribution < -0.4 is 5.32 Å². The Morgan fingerprint density at radius 3 is 2.74 bits per heavy atom. The number of rotatable bonds is 3. The van der Waals surface area contributed by atoms with Crippen molar-refractivity contribution in [2.24, 2.45) is 0 Å². The summed E-state index contributed by atoms with van der Waals surface area (Å²) in [6.45, 7) is 1.99. The highest BCUT2D eigenvalue weighted by molar-refractivity contribution is 9.10. The van der Waals surface area contributed by atoms with Crippen molar-refractivity contribution in [3.05, 3.63) is 28.2 Å². The second kappa shape index (κ2) is 4.63. The van der Waals surface area contributed by atoms with Gasteiger partial charge in [0.25, 0.3) is 5.91 Å². The fourth-order valence-electron chi connectivity index (χ4n) is 2.43. The van der Waals surface area contributed by atoms with E-state index in [-0.39, 0.29) is 24.3 Å². The summed E-state index contributed by atoms with van der Waals surface area (Å²) in [5, 5.41) is 3.18. The van der Waals surface area contributed by atoms with Crippen LogP contribution in [0.5, 0.6) is 0 Å². The van der Waals surface area contributed by atoms with E-state index in [1.54, 1.807) is 0 Å². The number of likely N-dealkylation sites (tertiary alicyclic amines) is 1. The van der Waals surface area contributed by atoms with Gasteiger partial charge in [0.1, 0.15) is 6.04 Å². The van der Waals surface area contributed by atoms with Crippen molar-refractivity contribution in [3.63, 3.8) is 0 Å². The van der Waals surface area contributed by atoms with Crippen LogP contribution in [0.2, 0.25) is 0 Å². The summed E-state index contributed by atoms with van der Waals surface area (Å²) < 4.78 is 0.945.